The minimum atomic E-state index is -0.0295. The average molecular weight is 293 g/mol. The van der Waals surface area contributed by atoms with Crippen LogP contribution in [0.5, 0.6) is 11.5 Å². The van der Waals surface area contributed by atoms with Crippen LogP contribution < -0.4 is 20.1 Å². The molecule has 0 aliphatic heterocycles. The molecule has 0 amide bonds. The van der Waals surface area contributed by atoms with E-state index in [0.29, 0.717) is 13.2 Å². The average Bonchev–Trinajstić information content (AvgIpc) is 2.43. The molecule has 0 saturated heterocycles. The molecule has 1 rings (SSSR count). The number of aliphatic imine (C=N–C) groups is 1. The van der Waals surface area contributed by atoms with E-state index in [2.05, 4.69) is 36.4 Å². The Labute approximate surface area is 127 Å². The van der Waals surface area contributed by atoms with Crippen LogP contribution in [-0.2, 0) is 6.54 Å². The molecule has 21 heavy (non-hydrogen) atoms. The maximum Gasteiger partial charge on any atom is 0.191 e. The Balaban J connectivity index is 2.72. The van der Waals surface area contributed by atoms with Gasteiger partial charge in [-0.25, -0.2) is 0 Å². The van der Waals surface area contributed by atoms with Crippen LogP contribution in [0.15, 0.2) is 23.2 Å². The molecule has 0 saturated carbocycles. The highest BCUT2D eigenvalue weighted by molar-refractivity contribution is 5.80. The van der Waals surface area contributed by atoms with Crippen LogP contribution in [0.2, 0.25) is 0 Å². The van der Waals surface area contributed by atoms with E-state index >= 15 is 0 Å². The van der Waals surface area contributed by atoms with Crippen LogP contribution in [0.25, 0.3) is 0 Å². The molecule has 0 atom stereocenters. The second kappa shape index (κ2) is 7.76. The lowest BCUT2D eigenvalue weighted by atomic mass is 10.1. The summed E-state index contributed by atoms with van der Waals surface area (Å²) in [4.78, 5) is 4.22. The van der Waals surface area contributed by atoms with Gasteiger partial charge >= 0.3 is 0 Å². The minimum absolute atomic E-state index is 0.0295. The highest BCUT2D eigenvalue weighted by Crippen LogP contribution is 2.27. The molecular formula is C16H27N3O2. The molecule has 5 nitrogen and oxygen atoms in total. The zero-order valence-electron chi connectivity index (χ0n) is 13.9. The molecule has 0 aromatic heterocycles. The molecule has 1 aromatic rings. The fourth-order valence-electron chi connectivity index (χ4n) is 1.82. The van der Waals surface area contributed by atoms with Crippen molar-refractivity contribution in [3.8, 4) is 11.5 Å². The van der Waals surface area contributed by atoms with Crippen molar-refractivity contribution in [3.05, 3.63) is 23.8 Å². The molecule has 0 heterocycles. The van der Waals surface area contributed by atoms with Crippen LogP contribution in [-0.4, -0.2) is 32.3 Å². The van der Waals surface area contributed by atoms with Gasteiger partial charge in [-0.15, -0.1) is 0 Å². The van der Waals surface area contributed by atoms with Crippen molar-refractivity contribution < 1.29 is 9.47 Å². The molecule has 0 aliphatic rings. The van der Waals surface area contributed by atoms with Gasteiger partial charge in [-0.2, -0.15) is 0 Å². The zero-order valence-corrected chi connectivity index (χ0v) is 13.9. The van der Waals surface area contributed by atoms with Crippen LogP contribution in [0, 0.1) is 0 Å². The highest BCUT2D eigenvalue weighted by Gasteiger charge is 2.12. The summed E-state index contributed by atoms with van der Waals surface area (Å²) in [7, 11) is 3.41. The van der Waals surface area contributed by atoms with E-state index in [1.165, 1.54) is 0 Å². The first-order chi connectivity index (χ1) is 9.89. The third-order valence-corrected chi connectivity index (χ3v) is 2.70. The summed E-state index contributed by atoms with van der Waals surface area (Å²) in [6, 6.07) is 5.92. The predicted molar refractivity (Wildman–Crippen MR) is 87.3 cm³/mol. The summed E-state index contributed by atoms with van der Waals surface area (Å²) in [5, 5.41) is 6.61. The van der Waals surface area contributed by atoms with Crippen molar-refractivity contribution in [1.29, 1.82) is 0 Å². The molecule has 2 N–H and O–H groups in total. The van der Waals surface area contributed by atoms with Gasteiger partial charge in [-0.1, -0.05) is 6.07 Å². The molecule has 0 aliphatic carbocycles. The Bertz CT molecular complexity index is 479. The number of nitrogens with zero attached hydrogens (tertiary/aromatic N) is 1. The molecular weight excluding hydrogens is 266 g/mol. The molecule has 0 bridgehead atoms. The lowest BCUT2D eigenvalue weighted by molar-refractivity contribution is 0.310. The Hall–Kier alpha value is -1.91. The van der Waals surface area contributed by atoms with Crippen molar-refractivity contribution in [2.45, 2.75) is 39.8 Å². The van der Waals surface area contributed by atoms with E-state index in [0.717, 1.165) is 23.0 Å². The van der Waals surface area contributed by atoms with Gasteiger partial charge < -0.3 is 20.1 Å². The molecule has 5 heteroatoms. The lowest BCUT2D eigenvalue weighted by Gasteiger charge is -2.23. The first-order valence-corrected chi connectivity index (χ1v) is 7.18. The standard InChI is InChI=1S/C16H27N3O2/c1-7-21-14-10-12(8-9-13(14)20-6)11-18-15(17-5)19-16(2,3)4/h8-10H,7,11H2,1-6H3,(H2,17,18,19). The molecule has 0 unspecified atom stereocenters. The summed E-state index contributed by atoms with van der Waals surface area (Å²) >= 11 is 0. The van der Waals surface area contributed by atoms with Crippen molar-refractivity contribution in [2.24, 2.45) is 4.99 Å². The molecule has 118 valence electrons. The lowest BCUT2D eigenvalue weighted by Crippen LogP contribution is -2.47. The number of ether oxygens (including phenoxy) is 2. The smallest absolute Gasteiger partial charge is 0.191 e. The summed E-state index contributed by atoms with van der Waals surface area (Å²) in [5.41, 5.74) is 1.08. The van der Waals surface area contributed by atoms with E-state index in [-0.39, 0.29) is 5.54 Å². The molecule has 0 radical (unpaired) electrons. The summed E-state index contributed by atoms with van der Waals surface area (Å²) in [5.74, 6) is 2.28. The van der Waals surface area contributed by atoms with E-state index in [4.69, 9.17) is 9.47 Å². The number of rotatable bonds is 5. The fraction of sp³-hybridized carbons (Fsp3) is 0.562. The normalized spacial score (nSPS) is 12.0. The number of guanidine groups is 1. The topological polar surface area (TPSA) is 54.9 Å². The third-order valence-electron chi connectivity index (χ3n) is 2.70. The van der Waals surface area contributed by atoms with Crippen molar-refractivity contribution in [1.82, 2.24) is 10.6 Å². The third kappa shape index (κ3) is 5.94. The Morgan fingerprint density at radius 2 is 1.95 bits per heavy atom. The van der Waals surface area contributed by atoms with E-state index < -0.39 is 0 Å². The predicted octanol–water partition coefficient (Wildman–Crippen LogP) is 2.56. The van der Waals surface area contributed by atoms with Gasteiger partial charge in [0, 0.05) is 19.1 Å². The number of methoxy groups -OCH3 is 1. The number of benzene rings is 1. The molecule has 0 spiro atoms. The van der Waals surface area contributed by atoms with Crippen molar-refractivity contribution >= 4 is 5.96 Å². The second-order valence-electron chi connectivity index (χ2n) is 5.72. The van der Waals surface area contributed by atoms with E-state index in [1.54, 1.807) is 14.2 Å². The van der Waals surface area contributed by atoms with Crippen molar-refractivity contribution in [2.75, 3.05) is 20.8 Å². The van der Waals surface area contributed by atoms with Gasteiger partial charge in [0.2, 0.25) is 0 Å². The van der Waals surface area contributed by atoms with Crippen LogP contribution >= 0.6 is 0 Å². The Kier molecular flexibility index (Phi) is 6.34. The van der Waals surface area contributed by atoms with Crippen LogP contribution in [0.4, 0.5) is 0 Å². The summed E-state index contributed by atoms with van der Waals surface area (Å²) < 4.78 is 10.9. The van der Waals surface area contributed by atoms with Gasteiger partial charge in [-0.3, -0.25) is 4.99 Å². The zero-order chi connectivity index (χ0) is 15.9. The first kappa shape index (κ1) is 17.1. The van der Waals surface area contributed by atoms with Gasteiger partial charge in [0.1, 0.15) is 0 Å². The molecule has 0 fully saturated rings. The largest absolute Gasteiger partial charge is 0.493 e. The van der Waals surface area contributed by atoms with E-state index in [1.807, 2.05) is 25.1 Å². The number of nitrogens with one attached hydrogen (secondary N) is 2. The maximum atomic E-state index is 5.58. The van der Waals surface area contributed by atoms with Crippen LogP contribution in [0.3, 0.4) is 0 Å². The first-order valence-electron chi connectivity index (χ1n) is 7.18. The van der Waals surface area contributed by atoms with Gasteiger partial charge in [0.05, 0.1) is 13.7 Å². The fourth-order valence-corrected chi connectivity index (χ4v) is 1.82. The monoisotopic (exact) mass is 293 g/mol. The highest BCUT2D eigenvalue weighted by atomic mass is 16.5. The number of hydrogen-bond acceptors (Lipinski definition) is 3. The maximum absolute atomic E-state index is 5.58. The van der Waals surface area contributed by atoms with E-state index in [9.17, 15) is 0 Å². The summed E-state index contributed by atoms with van der Waals surface area (Å²) in [6.45, 7) is 9.53. The van der Waals surface area contributed by atoms with Crippen molar-refractivity contribution in [3.63, 3.8) is 0 Å². The number of hydrogen-bond donors (Lipinski definition) is 2. The van der Waals surface area contributed by atoms with Gasteiger partial charge in [-0.05, 0) is 45.4 Å². The summed E-state index contributed by atoms with van der Waals surface area (Å²) in [6.07, 6.45) is 0. The molecule has 1 aromatic carbocycles. The second-order valence-corrected chi connectivity index (χ2v) is 5.72. The SMILES string of the molecule is CCOc1cc(CNC(=NC)NC(C)(C)C)ccc1OC. The van der Waals surface area contributed by atoms with Gasteiger partial charge in [0.25, 0.3) is 0 Å². The van der Waals surface area contributed by atoms with Crippen LogP contribution in [0.1, 0.15) is 33.3 Å². The van der Waals surface area contributed by atoms with Gasteiger partial charge in [0.15, 0.2) is 17.5 Å². The Morgan fingerprint density at radius 1 is 1.24 bits per heavy atom. The minimum Gasteiger partial charge on any atom is -0.493 e. The Morgan fingerprint density at radius 3 is 2.48 bits per heavy atom. The quantitative estimate of drug-likeness (QED) is 0.647.